The molecule has 0 bridgehead atoms. The molecule has 402 valence electrons. The van der Waals surface area contributed by atoms with Crippen LogP contribution in [-0.4, -0.2) is 120 Å². The summed E-state index contributed by atoms with van der Waals surface area (Å²) >= 11 is 0. The zero-order chi connectivity index (χ0) is 53.9. The molecule has 6 amide bonds. The van der Waals surface area contributed by atoms with E-state index in [2.05, 4.69) is 16.0 Å². The van der Waals surface area contributed by atoms with Gasteiger partial charge in [0.15, 0.2) is 29.6 Å². The van der Waals surface area contributed by atoms with Gasteiger partial charge in [0.25, 0.3) is 18.3 Å². The lowest BCUT2D eigenvalue weighted by atomic mass is 9.93. The summed E-state index contributed by atoms with van der Waals surface area (Å²) in [7, 11) is 7.89. The highest BCUT2D eigenvalue weighted by Gasteiger charge is 2.40. The molecule has 0 aromatic heterocycles. The number of hydrogen-bond donors (Lipinski definition) is 3. The van der Waals surface area contributed by atoms with E-state index in [9.17, 15) is 33.6 Å². The largest absolute Gasteiger partial charge is 0.493 e. The number of para-hydroxylation sites is 1. The Bertz CT molecular complexity index is 2630. The van der Waals surface area contributed by atoms with Crippen molar-refractivity contribution in [2.24, 2.45) is 0 Å². The van der Waals surface area contributed by atoms with Gasteiger partial charge in [0.1, 0.15) is 17.9 Å². The maximum Gasteiger partial charge on any atom is 0.293 e. The number of anilines is 1. The smallest absolute Gasteiger partial charge is 0.293 e. The molecule has 75 heavy (non-hydrogen) atoms. The molecule has 19 nitrogen and oxygen atoms in total. The Kier molecular flexibility index (Phi) is 21.1. The van der Waals surface area contributed by atoms with Gasteiger partial charge in [0, 0.05) is 61.4 Å². The van der Waals surface area contributed by atoms with Crippen LogP contribution in [0.4, 0.5) is 5.69 Å². The fourth-order valence-corrected chi connectivity index (χ4v) is 9.51. The fraction of sp³-hybridized carbons (Fsp3) is 0.446. The molecule has 3 heterocycles. The van der Waals surface area contributed by atoms with Crippen LogP contribution in [0.2, 0.25) is 0 Å². The first-order chi connectivity index (χ1) is 36.4. The van der Waals surface area contributed by atoms with Gasteiger partial charge in [-0.25, -0.2) is 0 Å². The average Bonchev–Trinajstić information content (AvgIpc) is 3.77. The number of fused-ring (bicyclic) bond motifs is 1. The molecule has 0 saturated carbocycles. The molecule has 3 aliphatic heterocycles. The van der Waals surface area contributed by atoms with E-state index in [0.29, 0.717) is 95.6 Å². The van der Waals surface area contributed by atoms with Crippen LogP contribution in [-0.2, 0) is 46.5 Å². The van der Waals surface area contributed by atoms with Crippen molar-refractivity contribution in [1.82, 2.24) is 20.4 Å². The second-order valence-corrected chi connectivity index (χ2v) is 18.2. The van der Waals surface area contributed by atoms with Crippen LogP contribution in [0.25, 0.3) is 0 Å². The molecule has 7 rings (SSSR count). The molecule has 2 saturated heterocycles. The van der Waals surface area contributed by atoms with Gasteiger partial charge < -0.3 is 53.6 Å². The molecular formula is C56H69N5O14. The third-order valence-electron chi connectivity index (χ3n) is 13.5. The second-order valence-electron chi connectivity index (χ2n) is 18.2. The van der Waals surface area contributed by atoms with Crippen molar-refractivity contribution < 1.29 is 66.7 Å². The van der Waals surface area contributed by atoms with Crippen LogP contribution in [0.5, 0.6) is 34.5 Å². The van der Waals surface area contributed by atoms with Crippen molar-refractivity contribution in [2.75, 3.05) is 67.1 Å². The Morgan fingerprint density at radius 1 is 0.787 bits per heavy atom. The van der Waals surface area contributed by atoms with Gasteiger partial charge in [0.05, 0.1) is 41.5 Å². The number of likely N-dealkylation sites (tertiary alicyclic amines) is 1. The van der Waals surface area contributed by atoms with Gasteiger partial charge in [-0.1, -0.05) is 37.3 Å². The first-order valence-corrected chi connectivity index (χ1v) is 25.3. The lowest BCUT2D eigenvalue weighted by Gasteiger charge is -2.30. The molecule has 4 aromatic carbocycles. The van der Waals surface area contributed by atoms with E-state index in [1.165, 1.54) is 11.3 Å². The number of carbonyl (C=O) groups is 7. The summed E-state index contributed by atoms with van der Waals surface area (Å²) in [5.74, 6) is 1.62. The van der Waals surface area contributed by atoms with Gasteiger partial charge >= 0.3 is 0 Å². The maximum absolute atomic E-state index is 13.1. The van der Waals surface area contributed by atoms with Crippen LogP contribution < -0.4 is 44.4 Å². The number of methoxy groups -OCH3 is 5. The van der Waals surface area contributed by atoms with E-state index >= 15 is 0 Å². The van der Waals surface area contributed by atoms with E-state index in [0.717, 1.165) is 43.5 Å². The number of rotatable bonds is 24. The van der Waals surface area contributed by atoms with Gasteiger partial charge in [-0.05, 0) is 111 Å². The van der Waals surface area contributed by atoms with Gasteiger partial charge in [-0.15, -0.1) is 0 Å². The van der Waals surface area contributed by atoms with E-state index in [1.807, 2.05) is 42.2 Å². The second kappa shape index (κ2) is 28.0. The van der Waals surface area contributed by atoms with E-state index in [4.69, 9.17) is 33.2 Å². The lowest BCUT2D eigenvalue weighted by molar-refractivity contribution is -0.137. The number of nitrogens with zero attached hydrogens (tertiary/aromatic N) is 2. The van der Waals surface area contributed by atoms with Gasteiger partial charge in [0.2, 0.25) is 29.4 Å². The molecule has 3 atom stereocenters. The zero-order valence-corrected chi connectivity index (χ0v) is 43.7. The molecule has 0 radical (unpaired) electrons. The lowest BCUT2D eigenvalue weighted by Crippen LogP contribution is -2.52. The number of carbonyl (C=O) groups excluding carboxylic acids is 7. The predicted octanol–water partition coefficient (Wildman–Crippen LogP) is 6.83. The summed E-state index contributed by atoms with van der Waals surface area (Å²) < 4.78 is 38.1. The first kappa shape index (κ1) is 56.5. The van der Waals surface area contributed by atoms with E-state index in [-0.39, 0.29) is 67.9 Å². The number of amides is 6. The number of imide groups is 1. The van der Waals surface area contributed by atoms with E-state index < -0.39 is 18.1 Å². The van der Waals surface area contributed by atoms with Crippen molar-refractivity contribution >= 4 is 47.6 Å². The van der Waals surface area contributed by atoms with Crippen molar-refractivity contribution in [2.45, 2.75) is 102 Å². The van der Waals surface area contributed by atoms with Gasteiger partial charge in [-0.3, -0.25) is 38.9 Å². The van der Waals surface area contributed by atoms with Crippen LogP contribution in [0.3, 0.4) is 0 Å². The van der Waals surface area contributed by atoms with Crippen molar-refractivity contribution in [3.8, 4) is 34.5 Å². The molecule has 19 heteroatoms. The molecule has 3 N–H and O–H groups in total. The molecule has 0 spiro atoms. The van der Waals surface area contributed by atoms with E-state index in [1.54, 1.807) is 78.0 Å². The third-order valence-corrected chi connectivity index (χ3v) is 13.5. The Morgan fingerprint density at radius 3 is 2.17 bits per heavy atom. The van der Waals surface area contributed by atoms with Crippen LogP contribution in [0.1, 0.15) is 116 Å². The number of benzene rings is 4. The van der Waals surface area contributed by atoms with Crippen molar-refractivity contribution in [1.29, 1.82) is 0 Å². The first-order valence-electron chi connectivity index (χ1n) is 25.3. The minimum Gasteiger partial charge on any atom is -0.493 e. The summed E-state index contributed by atoms with van der Waals surface area (Å²) in [4.78, 5) is 90.1. The Morgan fingerprint density at radius 2 is 1.51 bits per heavy atom. The topological polar surface area (TPSA) is 227 Å². The Balaban J connectivity index is 0.000000331. The summed E-state index contributed by atoms with van der Waals surface area (Å²) in [6.07, 6.45) is 6.20. The summed E-state index contributed by atoms with van der Waals surface area (Å²) in [6, 6.07) is 20.7. The highest BCUT2D eigenvalue weighted by molar-refractivity contribution is 6.06. The summed E-state index contributed by atoms with van der Waals surface area (Å²) in [5.41, 5.74) is 4.05. The minimum absolute atomic E-state index is 0.152. The van der Waals surface area contributed by atoms with Crippen LogP contribution in [0.15, 0.2) is 72.8 Å². The van der Waals surface area contributed by atoms with Crippen LogP contribution >= 0.6 is 0 Å². The summed E-state index contributed by atoms with van der Waals surface area (Å²) in [6.45, 7) is 4.38. The number of hydrogen-bond acceptors (Lipinski definition) is 14. The maximum atomic E-state index is 13.1. The molecule has 3 aliphatic rings. The molecule has 2 fully saturated rings. The van der Waals surface area contributed by atoms with Gasteiger partial charge in [-0.2, -0.15) is 0 Å². The average molecular weight is 1040 g/mol. The number of unbranched alkanes of at least 4 members (excludes halogenated alkanes) is 1. The van der Waals surface area contributed by atoms with Crippen molar-refractivity contribution in [3.05, 3.63) is 101 Å². The molecule has 4 aromatic rings. The minimum atomic E-state index is -0.744. The Labute approximate surface area is 437 Å². The Hall–Kier alpha value is -7.83. The molecule has 0 aliphatic carbocycles. The van der Waals surface area contributed by atoms with Crippen LogP contribution in [0, 0.1) is 0 Å². The fourth-order valence-electron chi connectivity index (χ4n) is 9.51. The summed E-state index contributed by atoms with van der Waals surface area (Å²) in [5, 5.41) is 7.95. The molecular weight excluding hydrogens is 967 g/mol. The number of nitrogens with one attached hydrogen (secondary N) is 3. The number of ether oxygens (including phenoxy) is 7. The highest BCUT2D eigenvalue weighted by atomic mass is 16.5. The standard InChI is InChI=1S/C38H42N4O10.C18H27NO4/c1-49-32-17-14-24(20-33(32)50-2)13-16-31(52-23-43)26-8-3-4-11-30(26)51-22-36(46)39-19-6-5-12-34(44)40-28-10-7-9-25-27(28)21-42(38(25)48)29-15-18-35(45)41-37(29)47;1-5-14(18(20)19-9-7-6-8-10-19)13-11-15(21-2)17(23-4)16(12-13)22-3/h3-4,7-11,14,17,20,23,29,31H,5-6,12-13,15-16,18-19,21-22H2,1-2H3,(H,39,46)(H,40,44)(H,41,45,47);11-12,14H,5-10H2,1-4H3. The SMILES string of the molecule is CCC(C(=O)N1CCCCC1)c1cc(OC)c(OC)c(OC)c1.COc1ccc(CCC(OC=O)c2ccccc2OCC(=O)NCCCCC(=O)Nc2cccc3c2CN(C2CCC(=O)NC2=O)C3=O)cc1OC. The predicted molar refractivity (Wildman–Crippen MR) is 277 cm³/mol. The highest BCUT2D eigenvalue weighted by Crippen LogP contribution is 2.41. The number of aryl methyl sites for hydroxylation is 1. The third kappa shape index (κ3) is 14.7. The molecule has 3 unspecified atom stereocenters. The number of piperidine rings is 2. The normalized spacial score (nSPS) is 15.7. The van der Waals surface area contributed by atoms with Crippen molar-refractivity contribution in [3.63, 3.8) is 0 Å². The zero-order valence-electron chi connectivity index (χ0n) is 43.7. The monoisotopic (exact) mass is 1040 g/mol. The quantitative estimate of drug-likeness (QED) is 0.0372.